The molecule has 1 heterocycles. The SMILES string of the molecule is C=CC(=O)N1CCc2ccc(C(N)=O)cc2C1. The van der Waals surface area contributed by atoms with E-state index in [1.807, 2.05) is 6.07 Å². The van der Waals surface area contributed by atoms with Gasteiger partial charge in [-0.05, 0) is 35.8 Å². The maximum absolute atomic E-state index is 11.5. The summed E-state index contributed by atoms with van der Waals surface area (Å²) in [6.07, 6.45) is 2.11. The first kappa shape index (κ1) is 11.4. The molecule has 0 spiro atoms. The van der Waals surface area contributed by atoms with Gasteiger partial charge in [-0.3, -0.25) is 9.59 Å². The summed E-state index contributed by atoms with van der Waals surface area (Å²) in [4.78, 5) is 24.3. The molecule has 0 saturated carbocycles. The number of hydrogen-bond acceptors (Lipinski definition) is 2. The van der Waals surface area contributed by atoms with Crippen LogP contribution in [0.2, 0.25) is 0 Å². The molecule has 1 aromatic carbocycles. The van der Waals surface area contributed by atoms with Gasteiger partial charge in [-0.1, -0.05) is 12.6 Å². The summed E-state index contributed by atoms with van der Waals surface area (Å²) in [5, 5.41) is 0. The van der Waals surface area contributed by atoms with Crippen LogP contribution in [0.4, 0.5) is 0 Å². The zero-order chi connectivity index (χ0) is 12.4. The fraction of sp³-hybridized carbons (Fsp3) is 0.231. The third-order valence-electron chi connectivity index (χ3n) is 2.99. The van der Waals surface area contributed by atoms with E-state index >= 15 is 0 Å². The lowest BCUT2D eigenvalue weighted by molar-refractivity contribution is -0.126. The Hall–Kier alpha value is -2.10. The average molecular weight is 230 g/mol. The number of fused-ring (bicyclic) bond motifs is 1. The Bertz CT molecular complexity index is 494. The molecule has 0 aliphatic carbocycles. The zero-order valence-corrected chi connectivity index (χ0v) is 9.48. The minimum absolute atomic E-state index is 0.0832. The van der Waals surface area contributed by atoms with Crippen molar-refractivity contribution in [2.75, 3.05) is 6.54 Å². The highest BCUT2D eigenvalue weighted by atomic mass is 16.2. The molecule has 88 valence electrons. The fourth-order valence-corrected chi connectivity index (χ4v) is 2.03. The lowest BCUT2D eigenvalue weighted by Gasteiger charge is -2.28. The number of primary amides is 1. The minimum atomic E-state index is -0.444. The molecule has 0 aromatic heterocycles. The lowest BCUT2D eigenvalue weighted by Crippen LogP contribution is -2.34. The number of benzene rings is 1. The van der Waals surface area contributed by atoms with Gasteiger partial charge >= 0.3 is 0 Å². The predicted molar refractivity (Wildman–Crippen MR) is 64.3 cm³/mol. The highest BCUT2D eigenvalue weighted by molar-refractivity contribution is 5.93. The molecule has 17 heavy (non-hydrogen) atoms. The average Bonchev–Trinajstić information content (AvgIpc) is 2.36. The molecule has 1 aromatic rings. The second-order valence-electron chi connectivity index (χ2n) is 4.06. The molecule has 0 fully saturated rings. The zero-order valence-electron chi connectivity index (χ0n) is 9.48. The molecule has 1 aliphatic heterocycles. The van der Waals surface area contributed by atoms with Gasteiger partial charge in [0, 0.05) is 18.7 Å². The maximum atomic E-state index is 11.5. The Morgan fingerprint density at radius 3 is 2.76 bits per heavy atom. The predicted octanol–water partition coefficient (Wildman–Crippen LogP) is 0.856. The Labute approximate surface area is 99.7 Å². The molecular weight excluding hydrogens is 216 g/mol. The van der Waals surface area contributed by atoms with Gasteiger partial charge in [0.15, 0.2) is 0 Å². The van der Waals surface area contributed by atoms with Crippen LogP contribution in [0, 0.1) is 0 Å². The van der Waals surface area contributed by atoms with E-state index in [9.17, 15) is 9.59 Å². The van der Waals surface area contributed by atoms with Gasteiger partial charge in [-0.25, -0.2) is 0 Å². The van der Waals surface area contributed by atoms with Crippen LogP contribution < -0.4 is 5.73 Å². The van der Waals surface area contributed by atoms with Crippen molar-refractivity contribution >= 4 is 11.8 Å². The Morgan fingerprint density at radius 2 is 2.12 bits per heavy atom. The second kappa shape index (κ2) is 4.41. The number of hydrogen-bond donors (Lipinski definition) is 1. The molecule has 0 atom stereocenters. The van der Waals surface area contributed by atoms with Gasteiger partial charge in [0.2, 0.25) is 11.8 Å². The highest BCUT2D eigenvalue weighted by Crippen LogP contribution is 2.20. The van der Waals surface area contributed by atoms with Gasteiger partial charge in [-0.2, -0.15) is 0 Å². The number of carbonyl (C=O) groups is 2. The summed E-state index contributed by atoms with van der Waals surface area (Å²) < 4.78 is 0. The van der Waals surface area contributed by atoms with Crippen molar-refractivity contribution < 1.29 is 9.59 Å². The van der Waals surface area contributed by atoms with E-state index in [4.69, 9.17) is 5.73 Å². The van der Waals surface area contributed by atoms with E-state index in [0.717, 1.165) is 12.0 Å². The molecular formula is C13H14N2O2. The van der Waals surface area contributed by atoms with Gasteiger partial charge in [0.25, 0.3) is 0 Å². The first-order valence-electron chi connectivity index (χ1n) is 5.45. The van der Waals surface area contributed by atoms with Crippen molar-refractivity contribution in [3.63, 3.8) is 0 Å². The normalized spacial score (nSPS) is 14.0. The largest absolute Gasteiger partial charge is 0.366 e. The van der Waals surface area contributed by atoms with Crippen LogP contribution in [0.3, 0.4) is 0 Å². The highest BCUT2D eigenvalue weighted by Gasteiger charge is 2.19. The monoisotopic (exact) mass is 230 g/mol. The van der Waals surface area contributed by atoms with Crippen LogP contribution in [-0.2, 0) is 17.8 Å². The smallest absolute Gasteiger partial charge is 0.248 e. The summed E-state index contributed by atoms with van der Waals surface area (Å²) >= 11 is 0. The van der Waals surface area contributed by atoms with Crippen LogP contribution in [0.15, 0.2) is 30.9 Å². The van der Waals surface area contributed by atoms with Gasteiger partial charge in [0.05, 0.1) is 0 Å². The number of amides is 2. The Balaban J connectivity index is 2.29. The molecule has 4 heteroatoms. The molecule has 2 N–H and O–H groups in total. The minimum Gasteiger partial charge on any atom is -0.366 e. The topological polar surface area (TPSA) is 63.4 Å². The fourth-order valence-electron chi connectivity index (χ4n) is 2.03. The molecule has 0 radical (unpaired) electrons. The number of rotatable bonds is 2. The van der Waals surface area contributed by atoms with Crippen LogP contribution in [0.25, 0.3) is 0 Å². The van der Waals surface area contributed by atoms with E-state index in [0.29, 0.717) is 18.7 Å². The number of nitrogens with zero attached hydrogens (tertiary/aromatic N) is 1. The number of carbonyl (C=O) groups excluding carboxylic acids is 2. The summed E-state index contributed by atoms with van der Waals surface area (Å²) in [6.45, 7) is 4.68. The molecule has 2 rings (SSSR count). The molecule has 0 unspecified atom stereocenters. The summed E-state index contributed by atoms with van der Waals surface area (Å²) in [5.74, 6) is -0.528. The van der Waals surface area contributed by atoms with Crippen molar-refractivity contribution in [2.24, 2.45) is 5.73 Å². The van der Waals surface area contributed by atoms with E-state index in [1.165, 1.54) is 11.6 Å². The van der Waals surface area contributed by atoms with E-state index in [2.05, 4.69) is 6.58 Å². The standard InChI is InChI=1S/C13H14N2O2/c1-2-12(16)15-6-5-9-3-4-10(13(14)17)7-11(9)8-15/h2-4,7H,1,5-6,8H2,(H2,14,17). The van der Waals surface area contributed by atoms with Gasteiger partial charge in [-0.15, -0.1) is 0 Å². The van der Waals surface area contributed by atoms with Crippen molar-refractivity contribution in [3.8, 4) is 0 Å². The van der Waals surface area contributed by atoms with E-state index < -0.39 is 5.91 Å². The number of nitrogens with two attached hydrogens (primary N) is 1. The van der Waals surface area contributed by atoms with Crippen molar-refractivity contribution in [1.29, 1.82) is 0 Å². The molecule has 0 bridgehead atoms. The lowest BCUT2D eigenvalue weighted by atomic mass is 9.97. The van der Waals surface area contributed by atoms with Crippen LogP contribution in [-0.4, -0.2) is 23.3 Å². The Morgan fingerprint density at radius 1 is 1.35 bits per heavy atom. The summed E-state index contributed by atoms with van der Waals surface area (Å²) in [7, 11) is 0. The molecule has 4 nitrogen and oxygen atoms in total. The molecule has 2 amide bonds. The van der Waals surface area contributed by atoms with Gasteiger partial charge < -0.3 is 10.6 Å². The van der Waals surface area contributed by atoms with Gasteiger partial charge in [0.1, 0.15) is 0 Å². The van der Waals surface area contributed by atoms with E-state index in [-0.39, 0.29) is 5.91 Å². The second-order valence-corrected chi connectivity index (χ2v) is 4.06. The van der Waals surface area contributed by atoms with Crippen molar-refractivity contribution in [2.45, 2.75) is 13.0 Å². The summed E-state index contributed by atoms with van der Waals surface area (Å²) in [5.41, 5.74) is 7.87. The van der Waals surface area contributed by atoms with E-state index in [1.54, 1.807) is 17.0 Å². The van der Waals surface area contributed by atoms with Crippen LogP contribution in [0.5, 0.6) is 0 Å². The quantitative estimate of drug-likeness (QED) is 0.766. The molecule has 0 saturated heterocycles. The third kappa shape index (κ3) is 2.20. The van der Waals surface area contributed by atoms with Crippen molar-refractivity contribution in [1.82, 2.24) is 4.90 Å². The van der Waals surface area contributed by atoms with Crippen LogP contribution in [0.1, 0.15) is 21.5 Å². The Kier molecular flexibility index (Phi) is 2.95. The third-order valence-corrected chi connectivity index (χ3v) is 2.99. The summed E-state index contributed by atoms with van der Waals surface area (Å²) in [6, 6.07) is 5.40. The van der Waals surface area contributed by atoms with Crippen LogP contribution >= 0.6 is 0 Å². The maximum Gasteiger partial charge on any atom is 0.248 e. The first-order valence-corrected chi connectivity index (χ1v) is 5.45. The molecule has 1 aliphatic rings. The van der Waals surface area contributed by atoms with Crippen molar-refractivity contribution in [3.05, 3.63) is 47.5 Å². The first-order chi connectivity index (χ1) is 8.11.